The number of hydrogen-bond acceptors (Lipinski definition) is 5. The highest BCUT2D eigenvalue weighted by atomic mass is 16.6. The van der Waals surface area contributed by atoms with Crippen molar-refractivity contribution < 1.29 is 23.9 Å². The van der Waals surface area contributed by atoms with Crippen molar-refractivity contribution in [3.63, 3.8) is 0 Å². The summed E-state index contributed by atoms with van der Waals surface area (Å²) in [7, 11) is 0. The second-order valence-corrected chi connectivity index (χ2v) is 8.38. The standard InChI is InChI=1S/C22H29N3O5/c1-22(2,3)30-21(28)24-13-14-25(19(26)15-24)18-9-11-23(12-10-18)20(27)29-16-17-7-5-4-6-8-17/h4-9H,10-16H2,1-3H3. The van der Waals surface area contributed by atoms with E-state index < -0.39 is 11.7 Å². The molecule has 0 spiro atoms. The van der Waals surface area contributed by atoms with Gasteiger partial charge in [0, 0.05) is 38.3 Å². The van der Waals surface area contributed by atoms with E-state index in [9.17, 15) is 14.4 Å². The van der Waals surface area contributed by atoms with Crippen LogP contribution < -0.4 is 0 Å². The number of amides is 3. The minimum atomic E-state index is -0.595. The fraction of sp³-hybridized carbons (Fsp3) is 0.500. The van der Waals surface area contributed by atoms with Crippen LogP contribution in [0.4, 0.5) is 9.59 Å². The largest absolute Gasteiger partial charge is 0.445 e. The lowest BCUT2D eigenvalue weighted by atomic mass is 10.1. The molecule has 0 atom stereocenters. The molecule has 162 valence electrons. The Bertz CT molecular complexity index is 816. The molecule has 0 saturated carbocycles. The second kappa shape index (κ2) is 9.19. The predicted molar refractivity (Wildman–Crippen MR) is 110 cm³/mol. The quantitative estimate of drug-likeness (QED) is 0.758. The van der Waals surface area contributed by atoms with E-state index in [2.05, 4.69) is 0 Å². The highest BCUT2D eigenvalue weighted by molar-refractivity contribution is 5.85. The van der Waals surface area contributed by atoms with E-state index in [1.807, 2.05) is 36.4 Å². The van der Waals surface area contributed by atoms with E-state index >= 15 is 0 Å². The number of ether oxygens (including phenoxy) is 2. The molecule has 2 aliphatic heterocycles. The van der Waals surface area contributed by atoms with Gasteiger partial charge >= 0.3 is 12.2 Å². The number of benzene rings is 1. The first-order valence-electron chi connectivity index (χ1n) is 10.2. The van der Waals surface area contributed by atoms with E-state index in [4.69, 9.17) is 9.47 Å². The number of carbonyl (C=O) groups is 3. The van der Waals surface area contributed by atoms with Crippen molar-refractivity contribution in [2.45, 2.75) is 39.4 Å². The Morgan fingerprint density at radius 3 is 2.33 bits per heavy atom. The van der Waals surface area contributed by atoms with Gasteiger partial charge in [0.15, 0.2) is 0 Å². The fourth-order valence-corrected chi connectivity index (χ4v) is 3.34. The molecule has 0 radical (unpaired) electrons. The second-order valence-electron chi connectivity index (χ2n) is 8.38. The van der Waals surface area contributed by atoms with Gasteiger partial charge in [-0.3, -0.25) is 9.69 Å². The maximum Gasteiger partial charge on any atom is 0.410 e. The molecule has 3 rings (SSSR count). The van der Waals surface area contributed by atoms with Crippen LogP contribution in [0.5, 0.6) is 0 Å². The Kier molecular flexibility index (Phi) is 6.64. The van der Waals surface area contributed by atoms with E-state index in [1.54, 1.807) is 30.6 Å². The zero-order valence-corrected chi connectivity index (χ0v) is 17.8. The molecule has 0 unspecified atom stereocenters. The first-order valence-corrected chi connectivity index (χ1v) is 10.2. The van der Waals surface area contributed by atoms with Crippen LogP contribution in [0.1, 0.15) is 32.8 Å². The summed E-state index contributed by atoms with van der Waals surface area (Å²) in [5, 5.41) is 0. The first kappa shape index (κ1) is 21.7. The Morgan fingerprint density at radius 2 is 1.73 bits per heavy atom. The maximum absolute atomic E-state index is 12.6. The average molecular weight is 415 g/mol. The molecular formula is C22H29N3O5. The van der Waals surface area contributed by atoms with Gasteiger partial charge in [0.1, 0.15) is 18.8 Å². The van der Waals surface area contributed by atoms with Crippen LogP contribution >= 0.6 is 0 Å². The van der Waals surface area contributed by atoms with E-state index in [1.165, 1.54) is 4.90 Å². The van der Waals surface area contributed by atoms with Gasteiger partial charge in [0.25, 0.3) is 0 Å². The molecule has 0 N–H and O–H groups in total. The molecule has 3 amide bonds. The summed E-state index contributed by atoms with van der Waals surface area (Å²) in [5.74, 6) is -0.140. The first-order chi connectivity index (χ1) is 14.2. The van der Waals surface area contributed by atoms with Gasteiger partial charge in [-0.2, -0.15) is 0 Å². The van der Waals surface area contributed by atoms with E-state index in [-0.39, 0.29) is 25.2 Å². The van der Waals surface area contributed by atoms with Crippen LogP contribution in [0.25, 0.3) is 0 Å². The van der Waals surface area contributed by atoms with Gasteiger partial charge < -0.3 is 19.3 Å². The molecular weight excluding hydrogens is 386 g/mol. The minimum absolute atomic E-state index is 0.00488. The molecule has 0 aliphatic carbocycles. The Labute approximate surface area is 177 Å². The molecule has 8 nitrogen and oxygen atoms in total. The molecule has 1 aromatic rings. The SMILES string of the molecule is CC(C)(C)OC(=O)N1CCN(C2=CCN(C(=O)OCc3ccccc3)CC2)C(=O)C1. The zero-order valence-electron chi connectivity index (χ0n) is 17.8. The number of nitrogens with zero attached hydrogens (tertiary/aromatic N) is 3. The lowest BCUT2D eigenvalue weighted by molar-refractivity contribution is -0.133. The molecule has 0 bridgehead atoms. The summed E-state index contributed by atoms with van der Waals surface area (Å²) >= 11 is 0. The number of carbonyl (C=O) groups excluding carboxylic acids is 3. The number of piperazine rings is 1. The topological polar surface area (TPSA) is 79.4 Å². The number of rotatable bonds is 3. The maximum atomic E-state index is 12.6. The van der Waals surface area contributed by atoms with Gasteiger partial charge in [0.05, 0.1) is 0 Å². The van der Waals surface area contributed by atoms with Crippen molar-refractivity contribution in [2.75, 3.05) is 32.7 Å². The smallest absolute Gasteiger partial charge is 0.410 e. The monoisotopic (exact) mass is 415 g/mol. The summed E-state index contributed by atoms with van der Waals surface area (Å²) in [5.41, 5.74) is 1.23. The normalized spacial score (nSPS) is 17.5. The van der Waals surface area contributed by atoms with Crippen molar-refractivity contribution in [1.29, 1.82) is 0 Å². The molecule has 1 fully saturated rings. The van der Waals surface area contributed by atoms with Crippen LogP contribution in [0.3, 0.4) is 0 Å². The molecule has 1 aromatic carbocycles. The summed E-state index contributed by atoms with van der Waals surface area (Å²) in [6.45, 7) is 7.34. The zero-order chi connectivity index (χ0) is 21.7. The Balaban J connectivity index is 1.49. The van der Waals surface area contributed by atoms with Crippen LogP contribution in [-0.2, 0) is 20.9 Å². The van der Waals surface area contributed by atoms with Crippen LogP contribution in [0.15, 0.2) is 42.1 Å². The van der Waals surface area contributed by atoms with Crippen LogP contribution in [-0.4, -0.2) is 71.1 Å². The van der Waals surface area contributed by atoms with Gasteiger partial charge in [0.2, 0.25) is 5.91 Å². The Morgan fingerprint density at radius 1 is 1.00 bits per heavy atom. The molecule has 0 aromatic heterocycles. The molecule has 1 saturated heterocycles. The highest BCUT2D eigenvalue weighted by Crippen LogP contribution is 2.20. The minimum Gasteiger partial charge on any atom is -0.445 e. The van der Waals surface area contributed by atoms with Crippen molar-refractivity contribution in [3.8, 4) is 0 Å². The molecule has 30 heavy (non-hydrogen) atoms. The molecule has 2 aliphatic rings. The summed E-state index contributed by atoms with van der Waals surface area (Å²) in [6.07, 6.45) is 1.61. The third kappa shape index (κ3) is 5.75. The lowest BCUT2D eigenvalue weighted by Gasteiger charge is -2.38. The van der Waals surface area contributed by atoms with Crippen LogP contribution in [0, 0.1) is 0 Å². The Hall–Kier alpha value is -3.03. The fourth-order valence-electron chi connectivity index (χ4n) is 3.34. The van der Waals surface area contributed by atoms with E-state index in [0.717, 1.165) is 11.3 Å². The van der Waals surface area contributed by atoms with Crippen LogP contribution in [0.2, 0.25) is 0 Å². The van der Waals surface area contributed by atoms with Gasteiger partial charge in [-0.15, -0.1) is 0 Å². The lowest BCUT2D eigenvalue weighted by Crippen LogP contribution is -2.53. The van der Waals surface area contributed by atoms with Crippen molar-refractivity contribution in [3.05, 3.63) is 47.7 Å². The summed E-state index contributed by atoms with van der Waals surface area (Å²) in [6, 6.07) is 9.53. The van der Waals surface area contributed by atoms with Crippen molar-refractivity contribution >= 4 is 18.1 Å². The van der Waals surface area contributed by atoms with E-state index in [0.29, 0.717) is 32.6 Å². The predicted octanol–water partition coefficient (Wildman–Crippen LogP) is 2.99. The summed E-state index contributed by atoms with van der Waals surface area (Å²) in [4.78, 5) is 41.8. The van der Waals surface area contributed by atoms with Gasteiger partial charge in [-0.25, -0.2) is 9.59 Å². The third-order valence-corrected chi connectivity index (χ3v) is 4.87. The third-order valence-electron chi connectivity index (χ3n) is 4.87. The highest BCUT2D eigenvalue weighted by Gasteiger charge is 2.32. The molecule has 2 heterocycles. The van der Waals surface area contributed by atoms with Crippen molar-refractivity contribution in [1.82, 2.24) is 14.7 Å². The number of hydrogen-bond donors (Lipinski definition) is 0. The van der Waals surface area contributed by atoms with Crippen molar-refractivity contribution in [2.24, 2.45) is 0 Å². The van der Waals surface area contributed by atoms with Gasteiger partial charge in [-0.1, -0.05) is 30.3 Å². The molecule has 8 heteroatoms. The van der Waals surface area contributed by atoms with Gasteiger partial charge in [-0.05, 0) is 32.4 Å². The summed E-state index contributed by atoms with van der Waals surface area (Å²) < 4.78 is 10.7. The average Bonchev–Trinajstić information content (AvgIpc) is 2.71.